The third-order valence-electron chi connectivity index (χ3n) is 3.29. The molecule has 1 aromatic carbocycles. The van der Waals surface area contributed by atoms with Gasteiger partial charge in [-0.2, -0.15) is 0 Å². The van der Waals surface area contributed by atoms with Crippen molar-refractivity contribution in [1.82, 2.24) is 0 Å². The molecular weight excluding hydrogens is 317 g/mol. The minimum Gasteiger partial charge on any atom is -0.481 e. The number of carboxylic acid groups (broad SMARTS) is 1. The van der Waals surface area contributed by atoms with E-state index in [2.05, 4.69) is 34.7 Å². The normalized spacial score (nSPS) is 23.1. The quantitative estimate of drug-likeness (QED) is 0.831. The van der Waals surface area contributed by atoms with Crippen molar-refractivity contribution in [2.24, 2.45) is 11.1 Å². The third kappa shape index (κ3) is 2.08. The summed E-state index contributed by atoms with van der Waals surface area (Å²) in [5.41, 5.74) is 8.06. The molecule has 0 bridgehead atoms. The maximum absolute atomic E-state index is 10.9. The molecule has 16 heavy (non-hydrogen) atoms. The summed E-state index contributed by atoms with van der Waals surface area (Å²) >= 11 is 2.30. The topological polar surface area (TPSA) is 63.3 Å². The Bertz CT molecular complexity index is 433. The lowest BCUT2D eigenvalue weighted by molar-refractivity contribution is -0.139. The van der Waals surface area contributed by atoms with Crippen molar-refractivity contribution in [3.63, 3.8) is 0 Å². The van der Waals surface area contributed by atoms with Crippen molar-refractivity contribution in [3.8, 4) is 0 Å². The van der Waals surface area contributed by atoms with Crippen LogP contribution in [-0.2, 0) is 17.6 Å². The van der Waals surface area contributed by atoms with Crippen LogP contribution in [0.15, 0.2) is 18.2 Å². The van der Waals surface area contributed by atoms with Crippen molar-refractivity contribution >= 4 is 28.6 Å². The smallest absolute Gasteiger partial charge is 0.303 e. The van der Waals surface area contributed by atoms with Crippen molar-refractivity contribution in [2.75, 3.05) is 6.54 Å². The van der Waals surface area contributed by atoms with Gasteiger partial charge in [-0.05, 0) is 59.2 Å². The van der Waals surface area contributed by atoms with Crippen LogP contribution in [-0.4, -0.2) is 17.6 Å². The standard InChI is InChI=1S/C12H14INO2/c13-10-3-1-2-8-4-12(7-14,5-9(8)10)6-11(15)16/h1-3H,4-7,14H2,(H,15,16). The summed E-state index contributed by atoms with van der Waals surface area (Å²) in [4.78, 5) is 10.9. The van der Waals surface area contributed by atoms with Crippen molar-refractivity contribution in [2.45, 2.75) is 19.3 Å². The predicted molar refractivity (Wildman–Crippen MR) is 70.3 cm³/mol. The van der Waals surface area contributed by atoms with E-state index in [1.807, 2.05) is 6.07 Å². The van der Waals surface area contributed by atoms with Gasteiger partial charge in [0.25, 0.3) is 0 Å². The molecule has 3 N–H and O–H groups in total. The molecule has 2 rings (SSSR count). The number of hydrogen-bond acceptors (Lipinski definition) is 2. The van der Waals surface area contributed by atoms with Crippen LogP contribution >= 0.6 is 22.6 Å². The predicted octanol–water partition coefficient (Wildman–Crippen LogP) is 1.81. The summed E-state index contributed by atoms with van der Waals surface area (Å²) in [5, 5.41) is 8.96. The molecule has 0 aliphatic heterocycles. The Labute approximate surface area is 108 Å². The average Bonchev–Trinajstić information content (AvgIpc) is 2.58. The lowest BCUT2D eigenvalue weighted by Gasteiger charge is -2.24. The molecule has 1 aliphatic rings. The molecule has 1 aliphatic carbocycles. The molecule has 0 radical (unpaired) electrons. The van der Waals surface area contributed by atoms with Crippen LogP contribution in [0.1, 0.15) is 17.5 Å². The lowest BCUT2D eigenvalue weighted by atomic mass is 9.81. The van der Waals surface area contributed by atoms with Crippen molar-refractivity contribution < 1.29 is 9.90 Å². The third-order valence-corrected chi connectivity index (χ3v) is 4.30. The van der Waals surface area contributed by atoms with Gasteiger partial charge in [0, 0.05) is 8.99 Å². The fourth-order valence-corrected chi connectivity index (χ4v) is 3.22. The molecule has 0 aromatic heterocycles. The van der Waals surface area contributed by atoms with Crippen LogP contribution in [0.25, 0.3) is 0 Å². The number of carbonyl (C=O) groups is 1. The second-order valence-electron chi connectivity index (χ2n) is 4.51. The van der Waals surface area contributed by atoms with E-state index >= 15 is 0 Å². The molecule has 1 atom stereocenters. The Hall–Kier alpha value is -0.620. The van der Waals surface area contributed by atoms with Crippen LogP contribution in [0.5, 0.6) is 0 Å². The highest BCUT2D eigenvalue weighted by atomic mass is 127. The van der Waals surface area contributed by atoms with Crippen LogP contribution in [0.3, 0.4) is 0 Å². The van der Waals surface area contributed by atoms with Gasteiger partial charge in [0.2, 0.25) is 0 Å². The number of halogens is 1. The number of benzene rings is 1. The average molecular weight is 331 g/mol. The molecule has 0 amide bonds. The highest BCUT2D eigenvalue weighted by Crippen LogP contribution is 2.40. The Balaban J connectivity index is 2.32. The summed E-state index contributed by atoms with van der Waals surface area (Å²) in [7, 11) is 0. The van der Waals surface area contributed by atoms with Gasteiger partial charge in [0.05, 0.1) is 6.42 Å². The molecular formula is C12H14INO2. The number of hydrogen-bond donors (Lipinski definition) is 2. The zero-order valence-electron chi connectivity index (χ0n) is 8.87. The number of aliphatic carboxylic acids is 1. The van der Waals surface area contributed by atoms with Crippen molar-refractivity contribution in [3.05, 3.63) is 32.9 Å². The highest BCUT2D eigenvalue weighted by molar-refractivity contribution is 14.1. The number of rotatable bonds is 3. The first-order chi connectivity index (χ1) is 7.56. The summed E-state index contributed by atoms with van der Waals surface area (Å²) in [5.74, 6) is -0.756. The van der Waals surface area contributed by atoms with E-state index in [4.69, 9.17) is 10.8 Å². The molecule has 0 fully saturated rings. The molecule has 1 aromatic rings. The summed E-state index contributed by atoms with van der Waals surface area (Å²) in [6, 6.07) is 6.16. The first kappa shape index (κ1) is 11.9. The van der Waals surface area contributed by atoms with Gasteiger partial charge >= 0.3 is 5.97 Å². The second-order valence-corrected chi connectivity index (χ2v) is 5.67. The van der Waals surface area contributed by atoms with Crippen LogP contribution in [0.2, 0.25) is 0 Å². The summed E-state index contributed by atoms with van der Waals surface area (Å²) < 4.78 is 1.22. The Morgan fingerprint density at radius 2 is 2.25 bits per heavy atom. The minimum atomic E-state index is -0.756. The fraction of sp³-hybridized carbons (Fsp3) is 0.417. The number of nitrogens with two attached hydrogens (primary N) is 1. The van der Waals surface area contributed by atoms with Crippen LogP contribution < -0.4 is 5.73 Å². The van der Waals surface area contributed by atoms with E-state index in [1.165, 1.54) is 14.7 Å². The maximum atomic E-state index is 10.9. The van der Waals surface area contributed by atoms with Crippen LogP contribution in [0, 0.1) is 8.99 Å². The molecule has 86 valence electrons. The second kappa shape index (κ2) is 4.33. The van der Waals surface area contributed by atoms with Gasteiger partial charge in [-0.25, -0.2) is 0 Å². The monoisotopic (exact) mass is 331 g/mol. The van der Waals surface area contributed by atoms with E-state index < -0.39 is 5.97 Å². The molecule has 0 saturated carbocycles. The Morgan fingerprint density at radius 3 is 2.81 bits per heavy atom. The van der Waals surface area contributed by atoms with E-state index in [-0.39, 0.29) is 11.8 Å². The Morgan fingerprint density at radius 1 is 1.50 bits per heavy atom. The Kier molecular flexibility index (Phi) is 3.21. The van der Waals surface area contributed by atoms with Gasteiger partial charge < -0.3 is 10.8 Å². The van der Waals surface area contributed by atoms with Crippen molar-refractivity contribution in [1.29, 1.82) is 0 Å². The van der Waals surface area contributed by atoms with Gasteiger partial charge in [-0.1, -0.05) is 12.1 Å². The van der Waals surface area contributed by atoms with E-state index in [9.17, 15) is 4.79 Å². The van der Waals surface area contributed by atoms with Crippen LogP contribution in [0.4, 0.5) is 0 Å². The molecule has 0 spiro atoms. The molecule has 3 nitrogen and oxygen atoms in total. The summed E-state index contributed by atoms with van der Waals surface area (Å²) in [6.07, 6.45) is 1.75. The maximum Gasteiger partial charge on any atom is 0.303 e. The first-order valence-electron chi connectivity index (χ1n) is 5.24. The molecule has 0 heterocycles. The largest absolute Gasteiger partial charge is 0.481 e. The SMILES string of the molecule is NCC1(CC(=O)O)Cc2cccc(I)c2C1. The minimum absolute atomic E-state index is 0.161. The molecule has 1 unspecified atom stereocenters. The van der Waals surface area contributed by atoms with Gasteiger partial charge in [-0.3, -0.25) is 4.79 Å². The van der Waals surface area contributed by atoms with Gasteiger partial charge in [0.1, 0.15) is 0 Å². The fourth-order valence-electron chi connectivity index (χ4n) is 2.47. The van der Waals surface area contributed by atoms with Gasteiger partial charge in [-0.15, -0.1) is 0 Å². The van der Waals surface area contributed by atoms with Gasteiger partial charge in [0.15, 0.2) is 0 Å². The lowest BCUT2D eigenvalue weighted by Crippen LogP contribution is -2.33. The van der Waals surface area contributed by atoms with E-state index in [0.717, 1.165) is 12.8 Å². The summed E-state index contributed by atoms with van der Waals surface area (Å²) in [6.45, 7) is 0.435. The zero-order chi connectivity index (χ0) is 11.8. The molecule has 0 saturated heterocycles. The van der Waals surface area contributed by atoms with E-state index in [1.54, 1.807) is 0 Å². The highest BCUT2D eigenvalue weighted by Gasteiger charge is 2.38. The van der Waals surface area contributed by atoms with E-state index in [0.29, 0.717) is 6.54 Å². The molecule has 4 heteroatoms. The first-order valence-corrected chi connectivity index (χ1v) is 6.32. The number of fused-ring (bicyclic) bond motifs is 1. The number of carboxylic acids is 1. The zero-order valence-corrected chi connectivity index (χ0v) is 11.0.